The van der Waals surface area contributed by atoms with Gasteiger partial charge in [-0.2, -0.15) is 0 Å². The van der Waals surface area contributed by atoms with Crippen LogP contribution in [0.25, 0.3) is 0 Å². The monoisotopic (exact) mass is 891 g/mol. The van der Waals surface area contributed by atoms with E-state index in [9.17, 15) is 24.0 Å². The van der Waals surface area contributed by atoms with Gasteiger partial charge < -0.3 is 40.2 Å². The number of esters is 1. The Morgan fingerprint density at radius 2 is 1.76 bits per heavy atom. The maximum Gasteiger partial charge on any atom is 0.328 e. The van der Waals surface area contributed by atoms with Crippen molar-refractivity contribution < 1.29 is 42.9 Å². The number of ether oxygens (including phenoxy) is 4. The van der Waals surface area contributed by atoms with E-state index in [1.54, 1.807) is 63.0 Å². The highest BCUT2D eigenvalue weighted by Gasteiger charge is 2.48. The molecule has 0 spiro atoms. The van der Waals surface area contributed by atoms with Gasteiger partial charge in [-0.25, -0.2) is 9.48 Å². The van der Waals surface area contributed by atoms with Crippen molar-refractivity contribution in [3.63, 3.8) is 0 Å². The van der Waals surface area contributed by atoms with E-state index >= 15 is 0 Å². The average molecular weight is 892 g/mol. The molecule has 1 saturated heterocycles. The smallest absolute Gasteiger partial charge is 0.328 e. The number of hydrogen-bond acceptors (Lipinski definition) is 11. The third-order valence-corrected chi connectivity index (χ3v) is 11.8. The summed E-state index contributed by atoms with van der Waals surface area (Å²) in [4.78, 5) is 66.9. The summed E-state index contributed by atoms with van der Waals surface area (Å²) in [5.41, 5.74) is 1.74. The highest BCUT2D eigenvalue weighted by Crippen LogP contribution is 2.45. The van der Waals surface area contributed by atoms with Crippen molar-refractivity contribution in [3.8, 4) is 5.75 Å². The largest absolute Gasteiger partial charge is 0.495 e. The van der Waals surface area contributed by atoms with Crippen molar-refractivity contribution in [2.75, 3.05) is 20.8 Å². The first-order valence-corrected chi connectivity index (χ1v) is 21.7. The maximum absolute atomic E-state index is 14.1. The van der Waals surface area contributed by atoms with Crippen molar-refractivity contribution in [2.24, 2.45) is 16.7 Å². The average Bonchev–Trinajstić information content (AvgIpc) is 3.91. The van der Waals surface area contributed by atoms with E-state index in [-0.39, 0.29) is 68.3 Å². The van der Waals surface area contributed by atoms with Gasteiger partial charge in [0.25, 0.3) is 0 Å². The van der Waals surface area contributed by atoms with Crippen molar-refractivity contribution in [1.29, 1.82) is 0 Å². The molecule has 2 aromatic carbocycles. The molecule has 2 aliphatic rings. The fraction of sp³-hybridized carbons (Fsp3) is 0.543. The SMILES string of the molecule is CNC(=O)CCOCc1cn(Cc2ccc([C@H]3O[C@@H]3C(C)[C@@H]3C/C=C/C(=O)N[C@H](Cc4ccc(OC)c(Cl)c4)C(=O)N[C@@H](C)C(C)(C)C(=O)N[C@@H](CC(C)(C)C)C(=O)O3)cc2)nn1. The van der Waals surface area contributed by atoms with E-state index in [0.29, 0.717) is 28.6 Å². The molecule has 5 rings (SSSR count). The van der Waals surface area contributed by atoms with Gasteiger partial charge in [-0.15, -0.1) is 5.10 Å². The second kappa shape index (κ2) is 21.4. The van der Waals surface area contributed by atoms with Crippen LogP contribution in [0.5, 0.6) is 5.75 Å². The van der Waals surface area contributed by atoms with E-state index in [0.717, 1.165) is 11.1 Å². The van der Waals surface area contributed by atoms with Crippen molar-refractivity contribution in [2.45, 2.75) is 124 Å². The van der Waals surface area contributed by atoms with E-state index in [1.165, 1.54) is 13.2 Å². The number of nitrogens with one attached hydrogen (secondary N) is 4. The second-order valence-corrected chi connectivity index (χ2v) is 18.5. The number of hydrogen-bond donors (Lipinski definition) is 4. The highest BCUT2D eigenvalue weighted by molar-refractivity contribution is 6.32. The van der Waals surface area contributed by atoms with E-state index in [1.807, 2.05) is 52.0 Å². The van der Waals surface area contributed by atoms with Crippen LogP contribution in [0.1, 0.15) is 96.2 Å². The summed E-state index contributed by atoms with van der Waals surface area (Å²) >= 11 is 6.40. The Labute approximate surface area is 374 Å². The van der Waals surface area contributed by atoms with Crippen molar-refractivity contribution >= 4 is 41.2 Å². The molecule has 1 aromatic heterocycles. The van der Waals surface area contributed by atoms with E-state index < -0.39 is 53.3 Å². The Morgan fingerprint density at radius 1 is 1.05 bits per heavy atom. The summed E-state index contributed by atoms with van der Waals surface area (Å²) in [5.74, 6) is -2.00. The Kier molecular flexibility index (Phi) is 16.5. The Morgan fingerprint density at radius 3 is 2.43 bits per heavy atom. The number of rotatable bonds is 14. The summed E-state index contributed by atoms with van der Waals surface area (Å²) in [6.45, 7) is 14.0. The Bertz CT molecular complexity index is 2120. The van der Waals surface area contributed by atoms with Crippen LogP contribution in [0.4, 0.5) is 0 Å². The molecule has 0 radical (unpaired) electrons. The Hall–Kier alpha value is -5.32. The molecule has 17 heteroatoms. The van der Waals surface area contributed by atoms with Crippen LogP contribution in [0.3, 0.4) is 0 Å². The quantitative estimate of drug-likeness (QED) is 0.0987. The zero-order valence-corrected chi connectivity index (χ0v) is 38.4. The highest BCUT2D eigenvalue weighted by atomic mass is 35.5. The second-order valence-electron chi connectivity index (χ2n) is 18.1. The zero-order valence-electron chi connectivity index (χ0n) is 37.7. The summed E-state index contributed by atoms with van der Waals surface area (Å²) < 4.78 is 25.0. The molecule has 16 nitrogen and oxygen atoms in total. The molecule has 7 atom stereocenters. The molecule has 0 aliphatic carbocycles. The molecule has 0 saturated carbocycles. The van der Waals surface area contributed by atoms with Gasteiger partial charge in [-0.1, -0.05) is 80.9 Å². The summed E-state index contributed by atoms with van der Waals surface area (Å²) in [5, 5.41) is 20.0. The van der Waals surface area contributed by atoms with Gasteiger partial charge in [0.05, 0.1) is 49.6 Å². The van der Waals surface area contributed by atoms with Crippen LogP contribution in [0, 0.1) is 16.7 Å². The van der Waals surface area contributed by atoms with Crippen LogP contribution < -0.4 is 26.0 Å². The third-order valence-electron chi connectivity index (χ3n) is 11.5. The number of cyclic esters (lactones) is 1. The fourth-order valence-corrected chi connectivity index (χ4v) is 7.49. The number of amides is 4. The molecule has 342 valence electrons. The number of epoxide rings is 1. The number of carbonyl (C=O) groups is 5. The number of benzene rings is 2. The number of carbonyl (C=O) groups excluding carboxylic acids is 5. The summed E-state index contributed by atoms with van der Waals surface area (Å²) in [6, 6.07) is 10.4. The van der Waals surface area contributed by atoms with Crippen LogP contribution >= 0.6 is 11.6 Å². The first-order chi connectivity index (χ1) is 29.8. The standard InChI is InChI=1S/C46H62ClN7O9/c1-27(40-41(63-40)31-16-13-29(14-17-31)24-54-25-32(52-53-54)26-61-20-19-38(55)48-8)36-11-10-12-39(56)50-34(22-30-15-18-37(60-9)33(47)21-30)42(57)49-28(2)46(6,7)44(59)51-35(43(58)62-36)23-45(3,4)5/h10,12-18,21,25,27-28,34-36,40-41H,11,19-20,22-24,26H2,1-9H3,(H,48,55)(H,49,57)(H,50,56)(H,51,59)/b12-10+/t27?,28-,34+,35-,36-,40+,41+/m0/s1. The number of halogens is 1. The lowest BCUT2D eigenvalue weighted by molar-refractivity contribution is -0.157. The minimum atomic E-state index is -1.18. The third kappa shape index (κ3) is 13.8. The normalized spacial score (nSPS) is 24.3. The first kappa shape index (κ1) is 48.7. The Balaban J connectivity index is 1.32. The molecule has 4 amide bonds. The lowest BCUT2D eigenvalue weighted by Gasteiger charge is -2.35. The van der Waals surface area contributed by atoms with E-state index in [2.05, 4.69) is 31.6 Å². The number of nitrogens with zero attached hydrogens (tertiary/aromatic N) is 3. The molecule has 3 heterocycles. The van der Waals surface area contributed by atoms with Gasteiger partial charge >= 0.3 is 5.97 Å². The molecule has 63 heavy (non-hydrogen) atoms. The van der Waals surface area contributed by atoms with Gasteiger partial charge in [0, 0.05) is 38.3 Å². The van der Waals surface area contributed by atoms with Crippen LogP contribution in [0.15, 0.2) is 60.8 Å². The van der Waals surface area contributed by atoms with Crippen LogP contribution in [0.2, 0.25) is 5.02 Å². The number of methoxy groups -OCH3 is 1. The zero-order chi connectivity index (χ0) is 46.1. The summed E-state index contributed by atoms with van der Waals surface area (Å²) in [7, 11) is 3.09. The maximum atomic E-state index is 14.1. The van der Waals surface area contributed by atoms with Gasteiger partial charge in [0.2, 0.25) is 23.6 Å². The molecule has 1 unspecified atom stereocenters. The van der Waals surface area contributed by atoms with Crippen LogP contribution in [-0.2, 0) is 57.8 Å². The van der Waals surface area contributed by atoms with Gasteiger partial charge in [-0.3, -0.25) is 19.2 Å². The molecule has 0 bridgehead atoms. The first-order valence-electron chi connectivity index (χ1n) is 21.3. The molecule has 1 fully saturated rings. The van der Waals surface area contributed by atoms with Gasteiger partial charge in [0.1, 0.15) is 35.7 Å². The van der Waals surface area contributed by atoms with Crippen LogP contribution in [-0.4, -0.2) is 95.7 Å². The van der Waals surface area contributed by atoms with Gasteiger partial charge in [0.15, 0.2) is 0 Å². The molecular formula is C46H62ClN7O9. The minimum Gasteiger partial charge on any atom is -0.495 e. The van der Waals surface area contributed by atoms with Gasteiger partial charge in [-0.05, 0) is 67.5 Å². The minimum absolute atomic E-state index is 0.0927. The molecule has 3 aromatic rings. The molecular weight excluding hydrogens is 830 g/mol. The predicted molar refractivity (Wildman–Crippen MR) is 235 cm³/mol. The molecule has 4 N–H and O–H groups in total. The number of aromatic nitrogens is 3. The lowest BCUT2D eigenvalue weighted by atomic mass is 9.82. The topological polar surface area (TPSA) is 204 Å². The van der Waals surface area contributed by atoms with Crippen molar-refractivity contribution in [1.82, 2.24) is 36.3 Å². The predicted octanol–water partition coefficient (Wildman–Crippen LogP) is 4.77. The fourth-order valence-electron chi connectivity index (χ4n) is 7.20. The van der Waals surface area contributed by atoms with E-state index in [4.69, 9.17) is 30.5 Å². The lowest BCUT2D eigenvalue weighted by Crippen LogP contribution is -2.58. The summed E-state index contributed by atoms with van der Waals surface area (Å²) in [6.07, 6.45) is 4.30. The molecule has 2 aliphatic heterocycles. The van der Waals surface area contributed by atoms with Crippen molar-refractivity contribution in [3.05, 3.63) is 88.2 Å².